The van der Waals surface area contributed by atoms with Gasteiger partial charge in [-0.2, -0.15) is 0 Å². The molecule has 3 N–H and O–H groups in total. The van der Waals surface area contributed by atoms with Gasteiger partial charge in [-0.05, 0) is 37.6 Å². The molecule has 1 amide bonds. The molecule has 2 aromatic heterocycles. The fourth-order valence-electron chi connectivity index (χ4n) is 2.94. The van der Waals surface area contributed by atoms with Gasteiger partial charge in [0.25, 0.3) is 5.56 Å². The number of hydrogen-bond acceptors (Lipinski definition) is 7. The number of nitrogens with zero attached hydrogens (tertiary/aromatic N) is 1. The number of nitrogens with one attached hydrogen (secondary N) is 3. The number of aromatic amines is 1. The van der Waals surface area contributed by atoms with Crippen molar-refractivity contribution in [2.75, 3.05) is 23.4 Å². The Labute approximate surface area is 177 Å². The number of amides is 1. The molecule has 0 atom stereocenters. The number of aryl methyl sites for hydroxylation is 3. The molecule has 0 saturated heterocycles. The van der Waals surface area contributed by atoms with Gasteiger partial charge in [0.2, 0.25) is 15.9 Å². The van der Waals surface area contributed by atoms with Gasteiger partial charge in [0.15, 0.2) is 0 Å². The number of ether oxygens (including phenoxy) is 1. The maximum absolute atomic E-state index is 12.3. The number of methoxy groups -OCH3 is 1. The first kappa shape index (κ1) is 21.8. The third kappa shape index (κ3) is 4.97. The van der Waals surface area contributed by atoms with Crippen molar-refractivity contribution < 1.29 is 17.9 Å². The number of fused-ring (bicyclic) bond motifs is 1. The predicted octanol–water partition coefficient (Wildman–Crippen LogP) is 2.55. The monoisotopic (exact) mass is 450 g/mol. The molecule has 0 radical (unpaired) electrons. The molecular formula is C19H22N4O5S2. The normalized spacial score (nSPS) is 11.5. The highest BCUT2D eigenvalue weighted by molar-refractivity contribution is 7.92. The summed E-state index contributed by atoms with van der Waals surface area (Å²) in [6.07, 6.45) is 1.38. The third-order valence-electron chi connectivity index (χ3n) is 4.46. The van der Waals surface area contributed by atoms with Crippen molar-refractivity contribution in [3.8, 4) is 5.75 Å². The molecule has 160 valence electrons. The smallest absolute Gasteiger partial charge is 0.259 e. The number of rotatable bonds is 7. The van der Waals surface area contributed by atoms with E-state index in [0.29, 0.717) is 27.5 Å². The van der Waals surface area contributed by atoms with Crippen LogP contribution in [0, 0.1) is 13.8 Å². The van der Waals surface area contributed by atoms with Crippen LogP contribution in [0.4, 0.5) is 11.4 Å². The largest absolute Gasteiger partial charge is 0.495 e. The molecule has 30 heavy (non-hydrogen) atoms. The van der Waals surface area contributed by atoms with Gasteiger partial charge in [-0.25, -0.2) is 13.4 Å². The average molecular weight is 451 g/mol. The van der Waals surface area contributed by atoms with Crippen molar-refractivity contribution in [3.05, 3.63) is 44.8 Å². The number of hydrogen-bond donors (Lipinski definition) is 3. The molecule has 0 spiro atoms. The van der Waals surface area contributed by atoms with E-state index in [-0.39, 0.29) is 30.0 Å². The molecule has 0 bridgehead atoms. The summed E-state index contributed by atoms with van der Waals surface area (Å²) in [6, 6.07) is 4.63. The van der Waals surface area contributed by atoms with Gasteiger partial charge in [-0.1, -0.05) is 0 Å². The number of benzene rings is 1. The van der Waals surface area contributed by atoms with Gasteiger partial charge in [0.05, 0.1) is 24.4 Å². The zero-order valence-electron chi connectivity index (χ0n) is 17.0. The van der Waals surface area contributed by atoms with Crippen LogP contribution in [0.5, 0.6) is 5.75 Å². The summed E-state index contributed by atoms with van der Waals surface area (Å²) in [5, 5.41) is 3.30. The fraction of sp³-hybridized carbons (Fsp3) is 0.316. The van der Waals surface area contributed by atoms with E-state index in [2.05, 4.69) is 20.0 Å². The minimum Gasteiger partial charge on any atom is -0.495 e. The van der Waals surface area contributed by atoms with Gasteiger partial charge in [-0.15, -0.1) is 11.3 Å². The van der Waals surface area contributed by atoms with Crippen molar-refractivity contribution in [2.45, 2.75) is 26.7 Å². The number of carbonyl (C=O) groups excluding carboxylic acids is 1. The minimum absolute atomic E-state index is 0.0959. The highest BCUT2D eigenvalue weighted by atomic mass is 32.2. The summed E-state index contributed by atoms with van der Waals surface area (Å²) in [6.45, 7) is 3.83. The lowest BCUT2D eigenvalue weighted by Gasteiger charge is -2.12. The summed E-state index contributed by atoms with van der Waals surface area (Å²) in [7, 11) is -2.09. The van der Waals surface area contributed by atoms with Crippen LogP contribution >= 0.6 is 11.3 Å². The average Bonchev–Trinajstić information content (AvgIpc) is 2.93. The third-order valence-corrected chi connectivity index (χ3v) is 6.15. The van der Waals surface area contributed by atoms with E-state index in [1.807, 2.05) is 13.8 Å². The van der Waals surface area contributed by atoms with Crippen LogP contribution < -0.4 is 20.3 Å². The summed E-state index contributed by atoms with van der Waals surface area (Å²) in [5.41, 5.74) is 1.35. The van der Waals surface area contributed by atoms with Crippen molar-refractivity contribution in [1.29, 1.82) is 0 Å². The number of carbonyl (C=O) groups is 1. The molecule has 9 nitrogen and oxygen atoms in total. The molecule has 0 aliphatic rings. The Hall–Kier alpha value is -2.92. The topological polar surface area (TPSA) is 130 Å². The minimum atomic E-state index is -3.51. The Bertz CT molecular complexity index is 1280. The Balaban J connectivity index is 1.71. The summed E-state index contributed by atoms with van der Waals surface area (Å²) < 4.78 is 30.5. The number of H-pyrrole nitrogens is 1. The lowest BCUT2D eigenvalue weighted by Crippen LogP contribution is -2.16. The van der Waals surface area contributed by atoms with Crippen molar-refractivity contribution >= 4 is 48.9 Å². The van der Waals surface area contributed by atoms with Crippen molar-refractivity contribution in [1.82, 2.24) is 9.97 Å². The van der Waals surface area contributed by atoms with Crippen LogP contribution in [0.25, 0.3) is 10.2 Å². The van der Waals surface area contributed by atoms with Gasteiger partial charge < -0.3 is 15.0 Å². The highest BCUT2D eigenvalue weighted by Crippen LogP contribution is 2.29. The molecule has 0 unspecified atom stereocenters. The van der Waals surface area contributed by atoms with Crippen LogP contribution in [0.2, 0.25) is 0 Å². The van der Waals surface area contributed by atoms with E-state index >= 15 is 0 Å². The Morgan fingerprint density at radius 3 is 2.70 bits per heavy atom. The zero-order chi connectivity index (χ0) is 22.1. The fourth-order valence-corrected chi connectivity index (χ4v) is 4.55. The van der Waals surface area contributed by atoms with Gasteiger partial charge in [0.1, 0.15) is 16.4 Å². The molecule has 0 aliphatic carbocycles. The quantitative estimate of drug-likeness (QED) is 0.507. The second-order valence-electron chi connectivity index (χ2n) is 6.81. The molecule has 3 rings (SSSR count). The van der Waals surface area contributed by atoms with Crippen LogP contribution in [-0.2, 0) is 21.2 Å². The number of thiophene rings is 1. The second kappa shape index (κ2) is 8.44. The molecule has 0 saturated carbocycles. The molecular weight excluding hydrogens is 428 g/mol. The first-order valence-electron chi connectivity index (χ1n) is 9.02. The highest BCUT2D eigenvalue weighted by Gasteiger charge is 2.14. The second-order valence-corrected chi connectivity index (χ2v) is 9.77. The van der Waals surface area contributed by atoms with Gasteiger partial charge >= 0.3 is 0 Å². The molecule has 0 fully saturated rings. The molecule has 2 heterocycles. The maximum atomic E-state index is 12.3. The van der Waals surface area contributed by atoms with E-state index in [0.717, 1.165) is 16.7 Å². The van der Waals surface area contributed by atoms with Crippen LogP contribution in [0.1, 0.15) is 22.7 Å². The maximum Gasteiger partial charge on any atom is 0.259 e. The van der Waals surface area contributed by atoms with Gasteiger partial charge in [-0.3, -0.25) is 14.3 Å². The summed E-state index contributed by atoms with van der Waals surface area (Å²) in [5.74, 6) is 0.472. The van der Waals surface area contributed by atoms with E-state index in [1.165, 1.54) is 24.5 Å². The van der Waals surface area contributed by atoms with Crippen molar-refractivity contribution in [3.63, 3.8) is 0 Å². The Kier molecular flexibility index (Phi) is 6.13. The van der Waals surface area contributed by atoms with E-state index in [9.17, 15) is 18.0 Å². The van der Waals surface area contributed by atoms with Crippen LogP contribution in [0.15, 0.2) is 23.0 Å². The van der Waals surface area contributed by atoms with E-state index < -0.39 is 10.0 Å². The number of sulfonamides is 1. The lowest BCUT2D eigenvalue weighted by atomic mass is 10.2. The molecule has 11 heteroatoms. The molecule has 1 aromatic carbocycles. The van der Waals surface area contributed by atoms with Crippen molar-refractivity contribution in [2.24, 2.45) is 0 Å². The number of anilines is 2. The summed E-state index contributed by atoms with van der Waals surface area (Å²) >= 11 is 1.45. The van der Waals surface area contributed by atoms with Crippen LogP contribution in [-0.4, -0.2) is 37.7 Å². The standard InChI is InChI=1S/C19H22N4O5S2/c1-10-11(2)29-19-17(10)18(25)21-15(22-19)7-8-16(24)20-12-5-6-14(28-3)13(9-12)23-30(4,26)27/h5-6,9,23H,7-8H2,1-4H3,(H,20,24)(H,21,22,25). The Morgan fingerprint density at radius 1 is 1.30 bits per heavy atom. The van der Waals surface area contributed by atoms with E-state index in [4.69, 9.17) is 4.74 Å². The lowest BCUT2D eigenvalue weighted by molar-refractivity contribution is -0.116. The zero-order valence-corrected chi connectivity index (χ0v) is 18.6. The van der Waals surface area contributed by atoms with Gasteiger partial charge in [0, 0.05) is 23.4 Å². The van der Waals surface area contributed by atoms with Crippen LogP contribution in [0.3, 0.4) is 0 Å². The first-order valence-corrected chi connectivity index (χ1v) is 11.7. The molecule has 0 aliphatic heterocycles. The van der Waals surface area contributed by atoms with E-state index in [1.54, 1.807) is 12.1 Å². The molecule has 3 aromatic rings. The SMILES string of the molecule is COc1ccc(NC(=O)CCc2nc3sc(C)c(C)c3c(=O)[nH]2)cc1NS(C)(=O)=O. The summed E-state index contributed by atoms with van der Waals surface area (Å²) in [4.78, 5) is 33.6. The number of aromatic nitrogens is 2. The first-order chi connectivity index (χ1) is 14.1. The Morgan fingerprint density at radius 2 is 2.03 bits per heavy atom. The predicted molar refractivity (Wildman–Crippen MR) is 118 cm³/mol.